The van der Waals surface area contributed by atoms with Crippen LogP contribution < -0.4 is 5.73 Å². The first-order valence-corrected chi connectivity index (χ1v) is 6.82. The van der Waals surface area contributed by atoms with Crippen molar-refractivity contribution in [2.45, 2.75) is 25.8 Å². The van der Waals surface area contributed by atoms with Gasteiger partial charge in [0.1, 0.15) is 11.8 Å². The van der Waals surface area contributed by atoms with Crippen LogP contribution in [0.1, 0.15) is 23.7 Å². The van der Waals surface area contributed by atoms with Gasteiger partial charge in [0, 0.05) is 18.0 Å². The molecule has 0 fully saturated rings. The van der Waals surface area contributed by atoms with E-state index in [9.17, 15) is 9.59 Å². The number of carboxylic acids is 1. The first-order valence-electron chi connectivity index (χ1n) is 6.82. The molecule has 116 valence electrons. The van der Waals surface area contributed by atoms with Crippen molar-refractivity contribution in [1.82, 2.24) is 4.57 Å². The van der Waals surface area contributed by atoms with Gasteiger partial charge in [-0.25, -0.2) is 0 Å². The van der Waals surface area contributed by atoms with Gasteiger partial charge in [-0.05, 0) is 18.1 Å². The number of benzene rings is 1. The molecule has 0 bridgehead atoms. The Morgan fingerprint density at radius 2 is 2.05 bits per heavy atom. The van der Waals surface area contributed by atoms with E-state index in [0.717, 1.165) is 5.39 Å². The van der Waals surface area contributed by atoms with Gasteiger partial charge in [0.2, 0.25) is 0 Å². The summed E-state index contributed by atoms with van der Waals surface area (Å²) in [7, 11) is 0. The van der Waals surface area contributed by atoms with Gasteiger partial charge >= 0.3 is 5.97 Å². The van der Waals surface area contributed by atoms with Gasteiger partial charge in [-0.15, -0.1) is 0 Å². The molecule has 2 rings (SSSR count). The van der Waals surface area contributed by atoms with E-state index in [0.29, 0.717) is 11.1 Å². The molecule has 0 saturated heterocycles. The number of aromatic nitrogens is 1. The average Bonchev–Trinajstić information content (AvgIpc) is 2.87. The Kier molecular flexibility index (Phi) is 4.57. The summed E-state index contributed by atoms with van der Waals surface area (Å²) in [4.78, 5) is 23.3. The van der Waals surface area contributed by atoms with Crippen LogP contribution in [-0.2, 0) is 11.2 Å². The minimum absolute atomic E-state index is 0.0230. The molecule has 1 aromatic carbocycles. The molecule has 0 spiro atoms. The molecule has 0 amide bonds. The Balaban J connectivity index is 2.53. The minimum Gasteiger partial charge on any atom is -0.480 e. The van der Waals surface area contributed by atoms with Crippen molar-refractivity contribution in [3.63, 3.8) is 0 Å². The second kappa shape index (κ2) is 6.40. The van der Waals surface area contributed by atoms with Gasteiger partial charge in [0.05, 0.1) is 5.52 Å². The number of carbonyl (C=O) groups is 2. The standard InChI is InChI=1S/C15H17N3O4/c1-2-12(17-22)14(19)18-8-9(7-11(16)15(20)21)10-5-3-4-6-13(10)18/h3-6,8,11,22H,2,7,16H2,1H3,(H,20,21)/b17-12+. The Hall–Kier alpha value is -2.67. The fraction of sp³-hybridized carbons (Fsp3) is 0.267. The highest BCUT2D eigenvalue weighted by Gasteiger charge is 2.20. The maximum atomic E-state index is 12.4. The van der Waals surface area contributed by atoms with Crippen LogP contribution in [0.5, 0.6) is 0 Å². The van der Waals surface area contributed by atoms with Crippen LogP contribution >= 0.6 is 0 Å². The van der Waals surface area contributed by atoms with Crippen LogP contribution in [-0.4, -0.2) is 38.5 Å². The van der Waals surface area contributed by atoms with Gasteiger partial charge < -0.3 is 16.0 Å². The van der Waals surface area contributed by atoms with Crippen LogP contribution in [0.2, 0.25) is 0 Å². The molecule has 22 heavy (non-hydrogen) atoms. The number of aliphatic carboxylic acids is 1. The predicted octanol–water partition coefficient (Wildman–Crippen LogP) is 1.48. The molecule has 1 aromatic heterocycles. The Morgan fingerprint density at radius 3 is 2.64 bits per heavy atom. The SMILES string of the molecule is CC/C(=N\O)C(=O)n1cc(CC(N)C(=O)O)c2ccccc21. The lowest BCUT2D eigenvalue weighted by atomic mass is 10.1. The number of oxime groups is 1. The summed E-state index contributed by atoms with van der Waals surface area (Å²) < 4.78 is 1.36. The third-order valence-corrected chi connectivity index (χ3v) is 3.47. The number of nitrogens with two attached hydrogens (primary N) is 1. The van der Waals surface area contributed by atoms with Crippen molar-refractivity contribution in [3.8, 4) is 0 Å². The Morgan fingerprint density at radius 1 is 1.36 bits per heavy atom. The molecule has 0 aliphatic rings. The van der Waals surface area contributed by atoms with Gasteiger partial charge in [-0.1, -0.05) is 30.3 Å². The largest absolute Gasteiger partial charge is 0.480 e. The van der Waals surface area contributed by atoms with Gasteiger partial charge in [0.25, 0.3) is 5.91 Å². The lowest BCUT2D eigenvalue weighted by Crippen LogP contribution is -2.32. The summed E-state index contributed by atoms with van der Waals surface area (Å²) in [5, 5.41) is 21.6. The molecule has 7 heteroatoms. The lowest BCUT2D eigenvalue weighted by Gasteiger charge is -2.04. The average molecular weight is 303 g/mol. The van der Waals surface area contributed by atoms with Crippen LogP contribution in [0.3, 0.4) is 0 Å². The second-order valence-corrected chi connectivity index (χ2v) is 4.90. The molecule has 0 radical (unpaired) electrons. The monoisotopic (exact) mass is 303 g/mol. The zero-order valence-corrected chi connectivity index (χ0v) is 12.1. The van der Waals surface area contributed by atoms with Crippen molar-refractivity contribution in [2.24, 2.45) is 10.9 Å². The molecule has 1 unspecified atom stereocenters. The first kappa shape index (κ1) is 15.7. The topological polar surface area (TPSA) is 118 Å². The third kappa shape index (κ3) is 2.84. The highest BCUT2D eigenvalue weighted by molar-refractivity contribution is 6.40. The zero-order chi connectivity index (χ0) is 16.3. The summed E-state index contributed by atoms with van der Waals surface area (Å²) in [6, 6.07) is 6.06. The first-order chi connectivity index (χ1) is 10.5. The van der Waals surface area contributed by atoms with Crippen LogP contribution in [0.25, 0.3) is 10.9 Å². The van der Waals surface area contributed by atoms with Crippen molar-refractivity contribution < 1.29 is 19.9 Å². The molecular weight excluding hydrogens is 286 g/mol. The maximum absolute atomic E-state index is 12.4. The number of nitrogens with zero attached hydrogens (tertiary/aromatic N) is 2. The molecule has 1 atom stereocenters. The van der Waals surface area contributed by atoms with E-state index in [-0.39, 0.29) is 18.6 Å². The van der Waals surface area contributed by atoms with Gasteiger partial charge in [-0.3, -0.25) is 14.2 Å². The lowest BCUT2D eigenvalue weighted by molar-refractivity contribution is -0.138. The Labute approximate surface area is 126 Å². The third-order valence-electron chi connectivity index (χ3n) is 3.47. The van der Waals surface area contributed by atoms with Crippen molar-refractivity contribution >= 4 is 28.5 Å². The molecule has 0 aliphatic carbocycles. The summed E-state index contributed by atoms with van der Waals surface area (Å²) in [6.07, 6.45) is 1.94. The summed E-state index contributed by atoms with van der Waals surface area (Å²) in [6.45, 7) is 1.71. The van der Waals surface area contributed by atoms with Gasteiger partial charge in [-0.2, -0.15) is 0 Å². The van der Waals surface area contributed by atoms with E-state index in [2.05, 4.69) is 5.16 Å². The van der Waals surface area contributed by atoms with E-state index in [1.807, 2.05) is 0 Å². The van der Waals surface area contributed by atoms with Crippen molar-refractivity contribution in [3.05, 3.63) is 36.0 Å². The normalized spacial score (nSPS) is 13.3. The fourth-order valence-electron chi connectivity index (χ4n) is 2.31. The van der Waals surface area contributed by atoms with E-state index < -0.39 is 17.9 Å². The van der Waals surface area contributed by atoms with E-state index >= 15 is 0 Å². The zero-order valence-electron chi connectivity index (χ0n) is 12.1. The van der Waals surface area contributed by atoms with Gasteiger partial charge in [0.15, 0.2) is 0 Å². The van der Waals surface area contributed by atoms with Crippen molar-refractivity contribution in [2.75, 3.05) is 0 Å². The minimum atomic E-state index is -1.10. The highest BCUT2D eigenvalue weighted by Crippen LogP contribution is 2.22. The smallest absolute Gasteiger partial charge is 0.320 e. The van der Waals surface area contributed by atoms with E-state index in [4.69, 9.17) is 16.0 Å². The number of para-hydroxylation sites is 1. The maximum Gasteiger partial charge on any atom is 0.320 e. The molecule has 0 saturated carbocycles. The quantitative estimate of drug-likeness (QED) is 0.439. The van der Waals surface area contributed by atoms with Crippen LogP contribution in [0.4, 0.5) is 0 Å². The summed E-state index contributed by atoms with van der Waals surface area (Å²) >= 11 is 0. The molecular formula is C15H17N3O4. The van der Waals surface area contributed by atoms with E-state index in [1.54, 1.807) is 37.4 Å². The van der Waals surface area contributed by atoms with Crippen LogP contribution in [0.15, 0.2) is 35.6 Å². The predicted molar refractivity (Wildman–Crippen MR) is 81.4 cm³/mol. The number of hydrogen-bond acceptors (Lipinski definition) is 5. The van der Waals surface area contributed by atoms with E-state index in [1.165, 1.54) is 4.57 Å². The highest BCUT2D eigenvalue weighted by atomic mass is 16.4. The summed E-state index contributed by atoms with van der Waals surface area (Å²) in [5.41, 5.74) is 6.88. The van der Waals surface area contributed by atoms with Crippen LogP contribution in [0, 0.1) is 0 Å². The fourth-order valence-corrected chi connectivity index (χ4v) is 2.31. The number of rotatable bonds is 5. The molecule has 7 nitrogen and oxygen atoms in total. The Bertz CT molecular complexity index is 748. The molecule has 2 aromatic rings. The molecule has 0 aliphatic heterocycles. The summed E-state index contributed by atoms with van der Waals surface area (Å²) in [5.74, 6) is -1.55. The molecule has 1 heterocycles. The number of hydrogen-bond donors (Lipinski definition) is 3. The number of carbonyl (C=O) groups excluding carboxylic acids is 1. The van der Waals surface area contributed by atoms with Crippen molar-refractivity contribution in [1.29, 1.82) is 0 Å². The number of fused-ring (bicyclic) bond motifs is 1. The number of carboxylic acid groups (broad SMARTS) is 1. The molecule has 4 N–H and O–H groups in total. The second-order valence-electron chi connectivity index (χ2n) is 4.90.